The average Bonchev–Trinajstić information content (AvgIpc) is 3.75. The van der Waals surface area contributed by atoms with Crippen molar-refractivity contribution in [3.8, 4) is 28.9 Å². The minimum absolute atomic E-state index is 0.0520. The van der Waals surface area contributed by atoms with Crippen LogP contribution in [-0.2, 0) is 15.9 Å². The molecule has 2 bridgehead atoms. The smallest absolute Gasteiger partial charge is 0.410 e. The summed E-state index contributed by atoms with van der Waals surface area (Å²) in [6.07, 6.45) is 3.69. The lowest BCUT2D eigenvalue weighted by molar-refractivity contribution is 0.00537. The fourth-order valence-corrected chi connectivity index (χ4v) is 9.68. The molecule has 0 spiro atoms. The zero-order valence-corrected chi connectivity index (χ0v) is 31.8. The number of hydrogen-bond acceptors (Lipinski definition) is 11. The molecule has 54 heavy (non-hydrogen) atoms. The van der Waals surface area contributed by atoms with Gasteiger partial charge in [0.25, 0.3) is 0 Å². The Hall–Kier alpha value is -4.49. The first-order chi connectivity index (χ1) is 26.0. The standard InChI is InChI=1S/C41H49FN6O6/c1-6-24-9-7-10-25-15-28(53-23-50-5)16-29(34(24)25)30-17-31-35-36(45-38(44-31)52-22-41-13-8-14-46(41)19-26(42)18-41)47-20-27-11-12-32(33(47)21-51-37(35)43-30)48(27)39(49)54-40(2,3)4/h7,9-10,15-17,26-27,32-33H,6,8,11-14,18-23H2,1-5H3/t26-,27-,32+,33-,41+/m1/s1. The van der Waals surface area contributed by atoms with Gasteiger partial charge in [-0.2, -0.15) is 9.97 Å². The number of anilines is 1. The molecule has 9 rings (SSSR count). The number of methoxy groups -OCH3 is 1. The SMILES string of the molecule is CCc1cccc2cc(OCOC)cc(-c3cc4nc(OC[C@@]56CCCN5C[C@H](F)C6)nc5c4c(n3)OC[C@@H]3[C@@H]4CC[C@H](CN53)N4C(=O)OC(C)(C)C)c12. The number of alkyl halides is 1. The predicted molar refractivity (Wildman–Crippen MR) is 202 cm³/mol. The Balaban J connectivity index is 1.17. The van der Waals surface area contributed by atoms with Crippen LogP contribution in [0.3, 0.4) is 0 Å². The van der Waals surface area contributed by atoms with Crippen molar-refractivity contribution in [2.24, 2.45) is 0 Å². The summed E-state index contributed by atoms with van der Waals surface area (Å²) in [7, 11) is 1.60. The van der Waals surface area contributed by atoms with Crippen LogP contribution in [0.25, 0.3) is 32.9 Å². The molecule has 5 aliphatic rings. The molecular weight excluding hydrogens is 691 g/mol. The van der Waals surface area contributed by atoms with Crippen molar-refractivity contribution in [2.45, 2.75) is 102 Å². The molecule has 12 nitrogen and oxygen atoms in total. The first-order valence-electron chi connectivity index (χ1n) is 19.4. The van der Waals surface area contributed by atoms with Gasteiger partial charge in [-0.1, -0.05) is 25.1 Å². The fraction of sp³-hybridized carbons (Fsp3) is 0.561. The van der Waals surface area contributed by atoms with Crippen LogP contribution in [-0.4, -0.2) is 113 Å². The van der Waals surface area contributed by atoms with E-state index in [1.165, 1.54) is 5.56 Å². The van der Waals surface area contributed by atoms with E-state index in [4.69, 9.17) is 38.6 Å². The number of aromatic nitrogens is 3. The highest BCUT2D eigenvalue weighted by Gasteiger charge is 2.52. The largest absolute Gasteiger partial charge is 0.475 e. The summed E-state index contributed by atoms with van der Waals surface area (Å²) < 4.78 is 45.1. The molecule has 286 valence electrons. The molecule has 2 aromatic heterocycles. The van der Waals surface area contributed by atoms with E-state index in [0.717, 1.165) is 55.0 Å². The van der Waals surface area contributed by atoms with Gasteiger partial charge in [-0.3, -0.25) is 9.80 Å². The van der Waals surface area contributed by atoms with E-state index < -0.39 is 11.8 Å². The molecule has 0 aliphatic carbocycles. The molecule has 4 saturated heterocycles. The summed E-state index contributed by atoms with van der Waals surface area (Å²) in [6.45, 7) is 10.4. The Morgan fingerprint density at radius 2 is 1.93 bits per heavy atom. The maximum atomic E-state index is 14.7. The van der Waals surface area contributed by atoms with Gasteiger partial charge >= 0.3 is 12.1 Å². The molecule has 0 unspecified atom stereocenters. The minimum Gasteiger partial charge on any atom is -0.475 e. The average molecular weight is 741 g/mol. The van der Waals surface area contributed by atoms with Gasteiger partial charge in [0.05, 0.1) is 34.9 Å². The van der Waals surface area contributed by atoms with Gasteiger partial charge in [-0.15, -0.1) is 0 Å². The lowest BCUT2D eigenvalue weighted by Crippen LogP contribution is -2.63. The molecule has 0 N–H and O–H groups in total. The van der Waals surface area contributed by atoms with Crippen LogP contribution in [0.4, 0.5) is 15.0 Å². The van der Waals surface area contributed by atoms with Gasteiger partial charge < -0.3 is 28.6 Å². The number of amides is 1. The van der Waals surface area contributed by atoms with E-state index >= 15 is 0 Å². The van der Waals surface area contributed by atoms with Crippen molar-refractivity contribution in [3.63, 3.8) is 0 Å². The summed E-state index contributed by atoms with van der Waals surface area (Å²) in [5, 5.41) is 2.81. The van der Waals surface area contributed by atoms with Crippen LogP contribution in [0.5, 0.6) is 17.6 Å². The molecule has 2 aromatic carbocycles. The summed E-state index contributed by atoms with van der Waals surface area (Å²) >= 11 is 0. The Kier molecular flexibility index (Phi) is 8.72. The summed E-state index contributed by atoms with van der Waals surface area (Å²) in [6, 6.07) is 12.1. The third-order valence-corrected chi connectivity index (χ3v) is 11.9. The Morgan fingerprint density at radius 3 is 2.74 bits per heavy atom. The molecule has 1 amide bonds. The van der Waals surface area contributed by atoms with Crippen molar-refractivity contribution in [1.82, 2.24) is 24.8 Å². The number of rotatable bonds is 8. The van der Waals surface area contributed by atoms with Crippen molar-refractivity contribution < 1.29 is 32.9 Å². The summed E-state index contributed by atoms with van der Waals surface area (Å²) in [4.78, 5) is 35.4. The number of carbonyl (C=O) groups is 1. The van der Waals surface area contributed by atoms with Gasteiger partial charge in [0.2, 0.25) is 5.88 Å². The molecular formula is C41H49FN6O6. The maximum absolute atomic E-state index is 14.7. The quantitative estimate of drug-likeness (QED) is 0.180. The number of nitrogens with zero attached hydrogens (tertiary/aromatic N) is 6. The van der Waals surface area contributed by atoms with E-state index in [-0.39, 0.29) is 42.6 Å². The van der Waals surface area contributed by atoms with Crippen molar-refractivity contribution in [2.75, 3.05) is 51.7 Å². The number of fused-ring (bicyclic) bond motifs is 7. The van der Waals surface area contributed by atoms with Crippen molar-refractivity contribution in [1.29, 1.82) is 0 Å². The second kappa shape index (κ2) is 13.4. The second-order valence-corrected chi connectivity index (χ2v) is 16.5. The second-order valence-electron chi connectivity index (χ2n) is 16.5. The zero-order chi connectivity index (χ0) is 37.4. The Morgan fingerprint density at radius 1 is 1.06 bits per heavy atom. The highest BCUT2D eigenvalue weighted by Crippen LogP contribution is 2.46. The molecule has 0 saturated carbocycles. The topological polar surface area (TPSA) is 112 Å². The number of ether oxygens (including phenoxy) is 5. The van der Waals surface area contributed by atoms with E-state index in [1.807, 2.05) is 43.9 Å². The van der Waals surface area contributed by atoms with Crippen molar-refractivity contribution >= 4 is 33.6 Å². The number of piperazine rings is 1. The molecule has 5 atom stereocenters. The van der Waals surface area contributed by atoms with E-state index in [1.54, 1.807) is 7.11 Å². The molecule has 7 heterocycles. The van der Waals surface area contributed by atoms with Crippen LogP contribution >= 0.6 is 0 Å². The number of aryl methyl sites for hydroxylation is 1. The minimum atomic E-state index is -0.867. The van der Waals surface area contributed by atoms with Gasteiger partial charge in [-0.25, -0.2) is 14.2 Å². The molecule has 4 aromatic rings. The van der Waals surface area contributed by atoms with Crippen LogP contribution in [0.1, 0.15) is 65.4 Å². The molecule has 5 aliphatic heterocycles. The maximum Gasteiger partial charge on any atom is 0.410 e. The monoisotopic (exact) mass is 740 g/mol. The van der Waals surface area contributed by atoms with E-state index in [9.17, 15) is 9.18 Å². The van der Waals surface area contributed by atoms with E-state index in [2.05, 4.69) is 34.9 Å². The first kappa shape index (κ1) is 35.2. The summed E-state index contributed by atoms with van der Waals surface area (Å²) in [5.74, 6) is 1.77. The van der Waals surface area contributed by atoms with Crippen LogP contribution in [0.15, 0.2) is 36.4 Å². The lowest BCUT2D eigenvalue weighted by Gasteiger charge is -2.46. The van der Waals surface area contributed by atoms with Gasteiger partial charge in [0.1, 0.15) is 41.9 Å². The number of benzene rings is 2. The van der Waals surface area contributed by atoms with Gasteiger partial charge in [-0.05, 0) is 94.0 Å². The van der Waals surface area contributed by atoms with E-state index in [0.29, 0.717) is 66.8 Å². The molecule has 4 fully saturated rings. The number of pyridine rings is 1. The van der Waals surface area contributed by atoms with Crippen LogP contribution in [0, 0.1) is 0 Å². The first-order valence-corrected chi connectivity index (χ1v) is 19.4. The normalized spacial score (nSPS) is 26.1. The zero-order valence-electron chi connectivity index (χ0n) is 31.8. The van der Waals surface area contributed by atoms with Gasteiger partial charge in [0.15, 0.2) is 6.79 Å². The molecule has 13 heteroatoms. The Bertz CT molecular complexity index is 2110. The molecule has 0 radical (unpaired) electrons. The Labute approximate surface area is 314 Å². The number of hydrogen-bond donors (Lipinski definition) is 0. The third-order valence-electron chi connectivity index (χ3n) is 11.9. The highest BCUT2D eigenvalue weighted by atomic mass is 19.1. The highest BCUT2D eigenvalue weighted by molar-refractivity contribution is 6.03. The lowest BCUT2D eigenvalue weighted by atomic mass is 9.95. The predicted octanol–water partition coefficient (Wildman–Crippen LogP) is 6.69. The van der Waals surface area contributed by atoms with Crippen molar-refractivity contribution in [3.05, 3.63) is 42.0 Å². The third kappa shape index (κ3) is 6.03. The number of carbonyl (C=O) groups excluding carboxylic acids is 1. The van der Waals surface area contributed by atoms with Crippen LogP contribution < -0.4 is 19.1 Å². The van der Waals surface area contributed by atoms with Crippen LogP contribution in [0.2, 0.25) is 0 Å². The van der Waals surface area contributed by atoms with Gasteiger partial charge in [0, 0.05) is 32.2 Å². The number of halogens is 1. The fourth-order valence-electron chi connectivity index (χ4n) is 9.68. The summed E-state index contributed by atoms with van der Waals surface area (Å²) in [5.41, 5.74) is 2.41.